The second-order valence-corrected chi connectivity index (χ2v) is 4.39. The lowest BCUT2D eigenvalue weighted by Crippen LogP contribution is -2.07. The molecule has 1 N–H and O–H groups in total. The Morgan fingerprint density at radius 3 is 2.42 bits per heavy atom. The number of ether oxygens (including phenoxy) is 1. The van der Waals surface area contributed by atoms with Crippen LogP contribution in [0.3, 0.4) is 0 Å². The molecule has 19 heavy (non-hydrogen) atoms. The number of rotatable bonds is 6. The minimum absolute atomic E-state index is 0.517. The highest BCUT2D eigenvalue weighted by Crippen LogP contribution is 2.19. The fourth-order valence-corrected chi connectivity index (χ4v) is 1.81. The molecular weight excluding hydrogens is 238 g/mol. The van der Waals surface area contributed by atoms with Gasteiger partial charge in [-0.1, -0.05) is 25.5 Å². The summed E-state index contributed by atoms with van der Waals surface area (Å²) in [6, 6.07) is 11.8. The number of hydrogen-bond acceptors (Lipinski definition) is 4. The molecule has 0 amide bonds. The van der Waals surface area contributed by atoms with E-state index in [1.807, 2.05) is 31.3 Å². The SMILES string of the molecule is CCCc1ccc(Oc2ccc(CNC)nn2)cc1. The first-order valence-electron chi connectivity index (χ1n) is 6.56. The first-order chi connectivity index (χ1) is 9.31. The summed E-state index contributed by atoms with van der Waals surface area (Å²) in [5, 5.41) is 11.1. The van der Waals surface area contributed by atoms with Gasteiger partial charge in [0.25, 0.3) is 0 Å². The molecular formula is C15H19N3O. The van der Waals surface area contributed by atoms with Gasteiger partial charge in [0, 0.05) is 12.6 Å². The molecule has 100 valence electrons. The maximum atomic E-state index is 5.65. The molecule has 0 atom stereocenters. The molecule has 0 saturated heterocycles. The number of aromatic nitrogens is 2. The summed E-state index contributed by atoms with van der Waals surface area (Å²) in [4.78, 5) is 0. The third-order valence-electron chi connectivity index (χ3n) is 2.74. The molecule has 2 aromatic rings. The van der Waals surface area contributed by atoms with E-state index in [4.69, 9.17) is 4.74 Å². The van der Waals surface area contributed by atoms with Crippen molar-refractivity contribution in [3.05, 3.63) is 47.7 Å². The van der Waals surface area contributed by atoms with E-state index in [0.717, 1.165) is 24.3 Å². The van der Waals surface area contributed by atoms with Crippen LogP contribution < -0.4 is 10.1 Å². The Morgan fingerprint density at radius 1 is 1.05 bits per heavy atom. The maximum Gasteiger partial charge on any atom is 0.238 e. The monoisotopic (exact) mass is 257 g/mol. The third-order valence-corrected chi connectivity index (χ3v) is 2.74. The van der Waals surface area contributed by atoms with E-state index in [9.17, 15) is 0 Å². The molecule has 0 aliphatic heterocycles. The van der Waals surface area contributed by atoms with Crippen LogP contribution >= 0.6 is 0 Å². The van der Waals surface area contributed by atoms with Gasteiger partial charge in [-0.25, -0.2) is 0 Å². The fraction of sp³-hybridized carbons (Fsp3) is 0.333. The Bertz CT molecular complexity index is 446. The zero-order valence-corrected chi connectivity index (χ0v) is 11.4. The van der Waals surface area contributed by atoms with Gasteiger partial charge in [0.2, 0.25) is 5.88 Å². The van der Waals surface area contributed by atoms with Crippen molar-refractivity contribution in [2.75, 3.05) is 7.05 Å². The van der Waals surface area contributed by atoms with Crippen molar-refractivity contribution in [3.63, 3.8) is 0 Å². The van der Waals surface area contributed by atoms with Gasteiger partial charge in [-0.15, -0.1) is 5.10 Å². The van der Waals surface area contributed by atoms with Gasteiger partial charge < -0.3 is 10.1 Å². The van der Waals surface area contributed by atoms with E-state index in [-0.39, 0.29) is 0 Å². The lowest BCUT2D eigenvalue weighted by atomic mass is 10.1. The zero-order valence-electron chi connectivity index (χ0n) is 11.4. The van der Waals surface area contributed by atoms with Crippen molar-refractivity contribution >= 4 is 0 Å². The Hall–Kier alpha value is -1.94. The average Bonchev–Trinajstić information content (AvgIpc) is 2.44. The molecule has 1 aromatic heterocycles. The molecule has 0 aliphatic carbocycles. The Balaban J connectivity index is 1.99. The smallest absolute Gasteiger partial charge is 0.238 e. The first-order valence-corrected chi connectivity index (χ1v) is 6.56. The fourth-order valence-electron chi connectivity index (χ4n) is 1.81. The Labute approximate surface area is 113 Å². The average molecular weight is 257 g/mol. The third kappa shape index (κ3) is 4.03. The van der Waals surface area contributed by atoms with Crippen LogP contribution in [0, 0.1) is 0 Å². The van der Waals surface area contributed by atoms with Gasteiger partial charge in [-0.05, 0) is 37.2 Å². The topological polar surface area (TPSA) is 47.0 Å². The van der Waals surface area contributed by atoms with Crippen LogP contribution in [-0.2, 0) is 13.0 Å². The van der Waals surface area contributed by atoms with Crippen LogP contribution in [-0.4, -0.2) is 17.2 Å². The van der Waals surface area contributed by atoms with Crippen molar-refractivity contribution in [1.82, 2.24) is 15.5 Å². The molecule has 0 unspecified atom stereocenters. The van der Waals surface area contributed by atoms with E-state index >= 15 is 0 Å². The standard InChI is InChI=1S/C15H19N3O/c1-3-4-12-5-8-14(9-6-12)19-15-10-7-13(11-16-2)17-18-15/h5-10,16H,3-4,11H2,1-2H3. The predicted octanol–water partition coefficient (Wildman–Crippen LogP) is 2.94. The van der Waals surface area contributed by atoms with Crippen LogP contribution in [0.4, 0.5) is 0 Å². The summed E-state index contributed by atoms with van der Waals surface area (Å²) in [5.74, 6) is 1.30. The van der Waals surface area contributed by atoms with Crippen molar-refractivity contribution in [3.8, 4) is 11.6 Å². The van der Waals surface area contributed by atoms with Gasteiger partial charge in [0.05, 0.1) is 5.69 Å². The predicted molar refractivity (Wildman–Crippen MR) is 75.3 cm³/mol. The number of hydrogen-bond donors (Lipinski definition) is 1. The summed E-state index contributed by atoms with van der Waals surface area (Å²) in [7, 11) is 1.88. The zero-order chi connectivity index (χ0) is 13.5. The second kappa shape index (κ2) is 6.85. The number of aryl methyl sites for hydroxylation is 1. The minimum Gasteiger partial charge on any atom is -0.438 e. The molecule has 0 radical (unpaired) electrons. The van der Waals surface area contributed by atoms with Gasteiger partial charge in [0.1, 0.15) is 5.75 Å². The number of nitrogens with zero attached hydrogens (tertiary/aromatic N) is 2. The minimum atomic E-state index is 0.517. The summed E-state index contributed by atoms with van der Waals surface area (Å²) in [5.41, 5.74) is 2.22. The van der Waals surface area contributed by atoms with Gasteiger partial charge in [0.15, 0.2) is 0 Å². The summed E-state index contributed by atoms with van der Waals surface area (Å²) in [6.07, 6.45) is 2.25. The molecule has 1 aromatic carbocycles. The van der Waals surface area contributed by atoms with Crippen molar-refractivity contribution in [2.45, 2.75) is 26.3 Å². The van der Waals surface area contributed by atoms with E-state index in [1.54, 1.807) is 0 Å². The van der Waals surface area contributed by atoms with Crippen LogP contribution in [0.5, 0.6) is 11.6 Å². The van der Waals surface area contributed by atoms with E-state index in [0.29, 0.717) is 12.4 Å². The lowest BCUT2D eigenvalue weighted by Gasteiger charge is -2.05. The van der Waals surface area contributed by atoms with Crippen molar-refractivity contribution in [2.24, 2.45) is 0 Å². The molecule has 0 bridgehead atoms. The lowest BCUT2D eigenvalue weighted by molar-refractivity contribution is 0.453. The number of nitrogens with one attached hydrogen (secondary N) is 1. The largest absolute Gasteiger partial charge is 0.438 e. The quantitative estimate of drug-likeness (QED) is 0.864. The normalized spacial score (nSPS) is 10.4. The molecule has 1 heterocycles. The van der Waals surface area contributed by atoms with Crippen LogP contribution in [0.15, 0.2) is 36.4 Å². The molecule has 0 spiro atoms. The van der Waals surface area contributed by atoms with E-state index in [1.165, 1.54) is 5.56 Å². The van der Waals surface area contributed by atoms with Crippen LogP contribution in [0.25, 0.3) is 0 Å². The summed E-state index contributed by atoms with van der Waals surface area (Å²) >= 11 is 0. The van der Waals surface area contributed by atoms with Gasteiger partial charge in [-0.3, -0.25) is 0 Å². The molecule has 0 fully saturated rings. The highest BCUT2D eigenvalue weighted by molar-refractivity contribution is 5.30. The van der Waals surface area contributed by atoms with Crippen molar-refractivity contribution < 1.29 is 4.74 Å². The maximum absolute atomic E-state index is 5.65. The molecule has 2 rings (SSSR count). The van der Waals surface area contributed by atoms with Crippen LogP contribution in [0.1, 0.15) is 24.6 Å². The van der Waals surface area contributed by atoms with E-state index in [2.05, 4.69) is 34.6 Å². The van der Waals surface area contributed by atoms with Gasteiger partial charge >= 0.3 is 0 Å². The highest BCUT2D eigenvalue weighted by Gasteiger charge is 2.00. The summed E-state index contributed by atoms with van der Waals surface area (Å²) < 4.78 is 5.65. The Morgan fingerprint density at radius 2 is 1.84 bits per heavy atom. The van der Waals surface area contributed by atoms with Gasteiger partial charge in [-0.2, -0.15) is 5.10 Å². The van der Waals surface area contributed by atoms with Crippen molar-refractivity contribution in [1.29, 1.82) is 0 Å². The molecule has 4 heteroatoms. The van der Waals surface area contributed by atoms with Crippen LogP contribution in [0.2, 0.25) is 0 Å². The number of benzene rings is 1. The summed E-state index contributed by atoms with van der Waals surface area (Å²) in [6.45, 7) is 2.88. The Kier molecular flexibility index (Phi) is 4.86. The highest BCUT2D eigenvalue weighted by atomic mass is 16.5. The molecule has 0 saturated carbocycles. The van der Waals surface area contributed by atoms with E-state index < -0.39 is 0 Å². The molecule has 0 aliphatic rings. The second-order valence-electron chi connectivity index (χ2n) is 4.39. The molecule has 4 nitrogen and oxygen atoms in total. The first kappa shape index (κ1) is 13.5.